The first-order valence-electron chi connectivity index (χ1n) is 7.04. The van der Waals surface area contributed by atoms with Crippen LogP contribution in [0.4, 0.5) is 0 Å². The molecule has 20 heavy (non-hydrogen) atoms. The molecule has 1 aliphatic carbocycles. The summed E-state index contributed by atoms with van der Waals surface area (Å²) in [5, 5.41) is 0.602. The number of aryl methyl sites for hydroxylation is 2. The molecule has 0 atom stereocenters. The van der Waals surface area contributed by atoms with Crippen molar-refractivity contribution in [1.82, 2.24) is 0 Å². The quantitative estimate of drug-likeness (QED) is 0.904. The van der Waals surface area contributed by atoms with Gasteiger partial charge >= 0.3 is 0 Å². The van der Waals surface area contributed by atoms with Crippen LogP contribution in [-0.2, 0) is 19.4 Å². The number of rotatable bonds is 3. The van der Waals surface area contributed by atoms with Gasteiger partial charge in [-0.05, 0) is 66.6 Å². The molecule has 1 aliphatic rings. The zero-order valence-electron chi connectivity index (χ0n) is 11.4. The van der Waals surface area contributed by atoms with Crippen LogP contribution in [0.1, 0.15) is 29.5 Å². The lowest BCUT2D eigenvalue weighted by molar-refractivity contribution is 0.481. The minimum Gasteiger partial charge on any atom is -0.456 e. The lowest BCUT2D eigenvalue weighted by Crippen LogP contribution is -2.02. The van der Waals surface area contributed by atoms with Crippen molar-refractivity contribution in [1.29, 1.82) is 0 Å². The van der Waals surface area contributed by atoms with Crippen molar-refractivity contribution in [2.24, 2.45) is 5.73 Å². The van der Waals surface area contributed by atoms with Crippen molar-refractivity contribution in [3.63, 3.8) is 0 Å². The fourth-order valence-corrected chi connectivity index (χ4v) is 2.90. The van der Waals surface area contributed by atoms with Crippen LogP contribution in [-0.4, -0.2) is 0 Å². The molecule has 0 spiro atoms. The summed E-state index contributed by atoms with van der Waals surface area (Å²) in [6, 6.07) is 12.0. The van der Waals surface area contributed by atoms with E-state index < -0.39 is 0 Å². The predicted molar refractivity (Wildman–Crippen MR) is 82.5 cm³/mol. The highest BCUT2D eigenvalue weighted by Crippen LogP contribution is 2.32. The van der Waals surface area contributed by atoms with Gasteiger partial charge in [-0.3, -0.25) is 0 Å². The van der Waals surface area contributed by atoms with Gasteiger partial charge in [0.05, 0.1) is 5.02 Å². The normalized spacial score (nSPS) is 13.9. The maximum atomic E-state index is 6.22. The van der Waals surface area contributed by atoms with Crippen LogP contribution < -0.4 is 10.5 Å². The van der Waals surface area contributed by atoms with E-state index in [1.807, 2.05) is 24.3 Å². The average Bonchev–Trinajstić information content (AvgIpc) is 2.49. The molecule has 2 nitrogen and oxygen atoms in total. The van der Waals surface area contributed by atoms with E-state index in [9.17, 15) is 0 Å². The Labute approximate surface area is 124 Å². The molecular formula is C17H18ClNO. The van der Waals surface area contributed by atoms with Crippen molar-refractivity contribution >= 4 is 11.6 Å². The molecule has 2 aromatic carbocycles. The summed E-state index contributed by atoms with van der Waals surface area (Å²) in [6.07, 6.45) is 4.88. The number of nitrogens with two attached hydrogens (primary N) is 1. The molecule has 0 amide bonds. The molecule has 0 aromatic heterocycles. The van der Waals surface area contributed by atoms with Crippen LogP contribution in [0, 0.1) is 0 Å². The van der Waals surface area contributed by atoms with E-state index in [-0.39, 0.29) is 0 Å². The van der Waals surface area contributed by atoms with Gasteiger partial charge in [0.2, 0.25) is 0 Å². The molecule has 0 saturated heterocycles. The first kappa shape index (κ1) is 13.5. The highest BCUT2D eigenvalue weighted by atomic mass is 35.5. The number of benzene rings is 2. The van der Waals surface area contributed by atoms with Crippen LogP contribution in [0.15, 0.2) is 36.4 Å². The van der Waals surface area contributed by atoms with Gasteiger partial charge < -0.3 is 10.5 Å². The lowest BCUT2D eigenvalue weighted by Gasteiger charge is -2.17. The third-order valence-corrected chi connectivity index (χ3v) is 4.08. The Bertz CT molecular complexity index is 624. The number of fused-ring (bicyclic) bond motifs is 1. The molecule has 2 N–H and O–H groups in total. The Hall–Kier alpha value is -1.51. The lowest BCUT2D eigenvalue weighted by atomic mass is 9.92. The molecule has 0 unspecified atom stereocenters. The van der Waals surface area contributed by atoms with Crippen LogP contribution >= 0.6 is 11.6 Å². The Morgan fingerprint density at radius 3 is 2.55 bits per heavy atom. The molecule has 0 aliphatic heterocycles. The molecule has 0 saturated carbocycles. The smallest absolute Gasteiger partial charge is 0.146 e. The molecule has 3 rings (SSSR count). The third-order valence-electron chi connectivity index (χ3n) is 3.78. The largest absolute Gasteiger partial charge is 0.456 e. The Kier molecular flexibility index (Phi) is 3.95. The average molecular weight is 288 g/mol. The Morgan fingerprint density at radius 1 is 1.00 bits per heavy atom. The molecule has 104 valence electrons. The van der Waals surface area contributed by atoms with E-state index in [1.165, 1.54) is 30.4 Å². The summed E-state index contributed by atoms with van der Waals surface area (Å²) in [6.45, 7) is 0.485. The summed E-state index contributed by atoms with van der Waals surface area (Å²) in [5.41, 5.74) is 9.46. The predicted octanol–water partition coefficient (Wildman–Crippen LogP) is 4.47. The third kappa shape index (κ3) is 2.82. The molecule has 0 radical (unpaired) electrons. The number of ether oxygens (including phenoxy) is 1. The van der Waals surface area contributed by atoms with Gasteiger partial charge in [0.25, 0.3) is 0 Å². The standard InChI is InChI=1S/C17H18ClNO/c18-16-9-12(11-19)5-8-17(16)20-15-7-6-13-3-1-2-4-14(13)10-15/h5-10H,1-4,11,19H2. The summed E-state index contributed by atoms with van der Waals surface area (Å²) in [5.74, 6) is 1.53. The maximum absolute atomic E-state index is 6.22. The van der Waals surface area contributed by atoms with Crippen molar-refractivity contribution in [2.75, 3.05) is 0 Å². The fourth-order valence-electron chi connectivity index (χ4n) is 2.65. The SMILES string of the molecule is NCc1ccc(Oc2ccc3c(c2)CCCC3)c(Cl)c1. The van der Waals surface area contributed by atoms with Gasteiger partial charge in [0.15, 0.2) is 0 Å². The number of hydrogen-bond acceptors (Lipinski definition) is 2. The van der Waals surface area contributed by atoms with Gasteiger partial charge in [-0.1, -0.05) is 23.7 Å². The number of halogens is 1. The number of hydrogen-bond donors (Lipinski definition) is 1. The first-order valence-corrected chi connectivity index (χ1v) is 7.42. The highest BCUT2D eigenvalue weighted by molar-refractivity contribution is 6.32. The summed E-state index contributed by atoms with van der Waals surface area (Å²) >= 11 is 6.22. The van der Waals surface area contributed by atoms with Gasteiger partial charge in [0.1, 0.15) is 11.5 Å². The first-order chi connectivity index (χ1) is 9.76. The second-order valence-electron chi connectivity index (χ2n) is 5.21. The van der Waals surface area contributed by atoms with Crippen LogP contribution in [0.5, 0.6) is 11.5 Å². The van der Waals surface area contributed by atoms with Gasteiger partial charge in [-0.2, -0.15) is 0 Å². The van der Waals surface area contributed by atoms with E-state index >= 15 is 0 Å². The highest BCUT2D eigenvalue weighted by Gasteiger charge is 2.11. The second-order valence-corrected chi connectivity index (χ2v) is 5.62. The minimum absolute atomic E-state index is 0.485. The fraction of sp³-hybridized carbons (Fsp3) is 0.294. The van der Waals surface area contributed by atoms with E-state index in [0.717, 1.165) is 17.7 Å². The van der Waals surface area contributed by atoms with E-state index in [4.69, 9.17) is 22.1 Å². The van der Waals surface area contributed by atoms with Crippen LogP contribution in [0.2, 0.25) is 5.02 Å². The van der Waals surface area contributed by atoms with Crippen molar-refractivity contribution in [2.45, 2.75) is 32.2 Å². The van der Waals surface area contributed by atoms with E-state index in [2.05, 4.69) is 12.1 Å². The summed E-state index contributed by atoms with van der Waals surface area (Å²) < 4.78 is 5.90. The monoisotopic (exact) mass is 287 g/mol. The molecule has 0 heterocycles. The molecule has 0 fully saturated rings. The minimum atomic E-state index is 0.485. The Morgan fingerprint density at radius 2 is 1.80 bits per heavy atom. The maximum Gasteiger partial charge on any atom is 0.146 e. The van der Waals surface area contributed by atoms with Gasteiger partial charge in [-0.25, -0.2) is 0 Å². The molecule has 3 heteroatoms. The zero-order chi connectivity index (χ0) is 13.9. The van der Waals surface area contributed by atoms with Crippen molar-refractivity contribution in [3.8, 4) is 11.5 Å². The second kappa shape index (κ2) is 5.86. The Balaban J connectivity index is 1.84. The molecular weight excluding hydrogens is 270 g/mol. The van der Waals surface area contributed by atoms with Crippen LogP contribution in [0.3, 0.4) is 0 Å². The van der Waals surface area contributed by atoms with E-state index in [0.29, 0.717) is 17.3 Å². The van der Waals surface area contributed by atoms with Gasteiger partial charge in [0, 0.05) is 6.54 Å². The summed E-state index contributed by atoms with van der Waals surface area (Å²) in [4.78, 5) is 0. The molecule has 2 aromatic rings. The van der Waals surface area contributed by atoms with Crippen molar-refractivity contribution < 1.29 is 4.74 Å². The topological polar surface area (TPSA) is 35.2 Å². The summed E-state index contributed by atoms with van der Waals surface area (Å²) in [7, 11) is 0. The van der Waals surface area contributed by atoms with Crippen LogP contribution in [0.25, 0.3) is 0 Å². The molecule has 0 bridgehead atoms. The van der Waals surface area contributed by atoms with Gasteiger partial charge in [-0.15, -0.1) is 0 Å². The van der Waals surface area contributed by atoms with Crippen molar-refractivity contribution in [3.05, 3.63) is 58.1 Å². The van der Waals surface area contributed by atoms with E-state index in [1.54, 1.807) is 0 Å². The zero-order valence-corrected chi connectivity index (χ0v) is 12.1.